The van der Waals surface area contributed by atoms with Crippen molar-refractivity contribution in [3.8, 4) is 5.75 Å². The number of amides is 1. The van der Waals surface area contributed by atoms with Gasteiger partial charge in [0.15, 0.2) is 12.4 Å². The molecule has 0 saturated heterocycles. The molecule has 0 fully saturated rings. The summed E-state index contributed by atoms with van der Waals surface area (Å²) in [5.41, 5.74) is 2.04. The van der Waals surface area contributed by atoms with Gasteiger partial charge in [-0.25, -0.2) is 4.68 Å². The first-order chi connectivity index (χ1) is 14.2. The zero-order chi connectivity index (χ0) is 20.1. The topological polar surface area (TPSA) is 74.0 Å². The van der Waals surface area contributed by atoms with Crippen molar-refractivity contribution in [3.05, 3.63) is 95.5 Å². The number of benzene rings is 2. The van der Waals surface area contributed by atoms with Crippen LogP contribution in [0.4, 0.5) is 5.69 Å². The van der Waals surface area contributed by atoms with E-state index in [4.69, 9.17) is 16.3 Å². The molecule has 2 aromatic heterocycles. The fourth-order valence-corrected chi connectivity index (χ4v) is 2.88. The summed E-state index contributed by atoms with van der Waals surface area (Å²) in [6.45, 7) is 0.821. The largest absolute Gasteiger partial charge is 0.471 e. The Hall–Kier alpha value is -3.58. The number of nitrogens with one attached hydrogen (secondary N) is 1. The number of halogens is 1. The van der Waals surface area contributed by atoms with Crippen LogP contribution in [0.2, 0.25) is 5.02 Å². The van der Waals surface area contributed by atoms with Gasteiger partial charge in [-0.3, -0.25) is 9.48 Å². The van der Waals surface area contributed by atoms with Gasteiger partial charge >= 0.3 is 0 Å². The van der Waals surface area contributed by atoms with Crippen LogP contribution >= 0.6 is 11.6 Å². The molecular weight excluding hydrogens is 390 g/mol. The molecule has 0 saturated carbocycles. The summed E-state index contributed by atoms with van der Waals surface area (Å²) < 4.78 is 9.00. The summed E-state index contributed by atoms with van der Waals surface area (Å²) >= 11 is 5.86. The molecule has 0 unspecified atom stereocenters. The van der Waals surface area contributed by atoms with E-state index >= 15 is 0 Å². The molecule has 0 aliphatic carbocycles. The molecule has 0 aliphatic rings. The molecule has 2 heterocycles. The van der Waals surface area contributed by atoms with Crippen LogP contribution in [0.1, 0.15) is 16.1 Å². The van der Waals surface area contributed by atoms with E-state index in [0.29, 0.717) is 28.7 Å². The lowest BCUT2D eigenvalue weighted by Gasteiger charge is -2.07. The zero-order valence-electron chi connectivity index (χ0n) is 15.4. The van der Waals surface area contributed by atoms with Crippen LogP contribution < -0.4 is 10.1 Å². The molecule has 0 atom stereocenters. The lowest BCUT2D eigenvalue weighted by Crippen LogP contribution is -2.14. The Labute approximate surface area is 172 Å². The number of anilines is 1. The second-order valence-electron chi connectivity index (χ2n) is 6.33. The molecule has 8 heteroatoms. The van der Waals surface area contributed by atoms with Crippen molar-refractivity contribution in [2.75, 3.05) is 5.32 Å². The summed E-state index contributed by atoms with van der Waals surface area (Å²) in [5, 5.41) is 12.0. The highest BCUT2D eigenvalue weighted by molar-refractivity contribution is 6.30. The number of rotatable bonds is 7. The van der Waals surface area contributed by atoms with Crippen molar-refractivity contribution in [3.63, 3.8) is 0 Å². The van der Waals surface area contributed by atoms with E-state index in [1.165, 1.54) is 0 Å². The molecule has 0 bridgehead atoms. The summed E-state index contributed by atoms with van der Waals surface area (Å²) in [7, 11) is 0. The molecule has 1 N–H and O–H groups in total. The van der Waals surface area contributed by atoms with E-state index in [9.17, 15) is 4.79 Å². The lowest BCUT2D eigenvalue weighted by molar-refractivity contribution is 0.102. The van der Waals surface area contributed by atoms with Crippen LogP contribution in [0.15, 0.2) is 79.3 Å². The van der Waals surface area contributed by atoms with Crippen LogP contribution in [-0.4, -0.2) is 25.5 Å². The fourth-order valence-electron chi connectivity index (χ4n) is 2.75. The standard InChI is InChI=1S/C21H18ClN5O2/c22-17-5-7-19(8-6-17)29-15-27-12-9-20(25-27)21(28)24-18-4-1-3-16(13-18)14-26-11-2-10-23-26/h1-13H,14-15H2,(H,24,28). The van der Waals surface area contributed by atoms with E-state index < -0.39 is 0 Å². The average molecular weight is 408 g/mol. The molecule has 4 aromatic rings. The van der Waals surface area contributed by atoms with Crippen molar-refractivity contribution in [2.45, 2.75) is 13.3 Å². The summed E-state index contributed by atoms with van der Waals surface area (Å²) in [6, 6.07) is 18.2. The first-order valence-electron chi connectivity index (χ1n) is 8.95. The van der Waals surface area contributed by atoms with Crippen LogP contribution in [0.5, 0.6) is 5.75 Å². The first kappa shape index (κ1) is 18.8. The number of carbonyl (C=O) groups is 1. The Morgan fingerprint density at radius 1 is 1.03 bits per heavy atom. The second-order valence-corrected chi connectivity index (χ2v) is 6.76. The molecule has 2 aromatic carbocycles. The SMILES string of the molecule is O=C(Nc1cccc(Cn2cccn2)c1)c1ccn(COc2ccc(Cl)cc2)n1. The number of hydrogen-bond donors (Lipinski definition) is 1. The minimum Gasteiger partial charge on any atom is -0.471 e. The van der Waals surface area contributed by atoms with Crippen molar-refractivity contribution < 1.29 is 9.53 Å². The number of ether oxygens (including phenoxy) is 1. The Balaban J connectivity index is 1.36. The third-order valence-corrected chi connectivity index (χ3v) is 4.39. The highest BCUT2D eigenvalue weighted by atomic mass is 35.5. The molecule has 29 heavy (non-hydrogen) atoms. The van der Waals surface area contributed by atoms with Gasteiger partial charge in [0.05, 0.1) is 6.54 Å². The predicted octanol–water partition coefficient (Wildman–Crippen LogP) is 4.07. The monoisotopic (exact) mass is 407 g/mol. The van der Waals surface area contributed by atoms with Gasteiger partial charge in [0.2, 0.25) is 0 Å². The van der Waals surface area contributed by atoms with E-state index in [-0.39, 0.29) is 12.6 Å². The van der Waals surface area contributed by atoms with Crippen molar-refractivity contribution >= 4 is 23.2 Å². The maximum absolute atomic E-state index is 12.5. The molecule has 146 valence electrons. The van der Waals surface area contributed by atoms with Crippen molar-refractivity contribution in [1.29, 1.82) is 0 Å². The number of nitrogens with zero attached hydrogens (tertiary/aromatic N) is 4. The molecule has 1 amide bonds. The smallest absolute Gasteiger partial charge is 0.276 e. The fraction of sp³-hybridized carbons (Fsp3) is 0.0952. The Morgan fingerprint density at radius 2 is 1.90 bits per heavy atom. The third kappa shape index (κ3) is 5.03. The third-order valence-electron chi connectivity index (χ3n) is 4.14. The molecule has 0 radical (unpaired) electrons. The van der Waals surface area contributed by atoms with E-state index in [1.807, 2.05) is 41.2 Å². The number of carbonyl (C=O) groups excluding carboxylic acids is 1. The summed E-state index contributed by atoms with van der Waals surface area (Å²) in [6.07, 6.45) is 5.32. The van der Waals surface area contributed by atoms with Crippen LogP contribution in [0.3, 0.4) is 0 Å². The number of aromatic nitrogens is 4. The zero-order valence-corrected chi connectivity index (χ0v) is 16.2. The van der Waals surface area contributed by atoms with Gasteiger partial charge in [0, 0.05) is 29.3 Å². The van der Waals surface area contributed by atoms with E-state index in [2.05, 4.69) is 15.5 Å². The van der Waals surface area contributed by atoms with Crippen LogP contribution in [-0.2, 0) is 13.3 Å². The highest BCUT2D eigenvalue weighted by Gasteiger charge is 2.10. The summed E-state index contributed by atoms with van der Waals surface area (Å²) in [4.78, 5) is 12.5. The van der Waals surface area contributed by atoms with Gasteiger partial charge in [0.25, 0.3) is 5.91 Å². The quantitative estimate of drug-likeness (QED) is 0.501. The molecule has 4 rings (SSSR count). The molecule has 0 aliphatic heterocycles. The Bertz CT molecular complexity index is 1090. The van der Waals surface area contributed by atoms with E-state index in [0.717, 1.165) is 5.56 Å². The Kier molecular flexibility index (Phi) is 5.58. The van der Waals surface area contributed by atoms with Crippen molar-refractivity contribution in [1.82, 2.24) is 19.6 Å². The van der Waals surface area contributed by atoms with Gasteiger partial charge in [0.1, 0.15) is 5.75 Å². The normalized spacial score (nSPS) is 10.7. The Morgan fingerprint density at radius 3 is 2.69 bits per heavy atom. The lowest BCUT2D eigenvalue weighted by atomic mass is 10.2. The molecule has 7 nitrogen and oxygen atoms in total. The maximum Gasteiger partial charge on any atom is 0.276 e. The summed E-state index contributed by atoms with van der Waals surface area (Å²) in [5.74, 6) is 0.386. The average Bonchev–Trinajstić information content (AvgIpc) is 3.40. The number of hydrogen-bond acceptors (Lipinski definition) is 4. The van der Waals surface area contributed by atoms with Crippen LogP contribution in [0.25, 0.3) is 0 Å². The van der Waals surface area contributed by atoms with Gasteiger partial charge < -0.3 is 10.1 Å². The molecular formula is C21H18ClN5O2. The highest BCUT2D eigenvalue weighted by Crippen LogP contribution is 2.16. The first-order valence-corrected chi connectivity index (χ1v) is 9.33. The van der Waals surface area contributed by atoms with E-state index in [1.54, 1.807) is 47.4 Å². The predicted molar refractivity (Wildman–Crippen MR) is 110 cm³/mol. The van der Waals surface area contributed by atoms with Gasteiger partial charge in [-0.2, -0.15) is 10.2 Å². The minimum absolute atomic E-state index is 0.189. The van der Waals surface area contributed by atoms with Gasteiger partial charge in [-0.05, 0) is 54.1 Å². The van der Waals surface area contributed by atoms with Gasteiger partial charge in [-0.1, -0.05) is 23.7 Å². The second kappa shape index (κ2) is 8.62. The maximum atomic E-state index is 12.5. The van der Waals surface area contributed by atoms with Gasteiger partial charge in [-0.15, -0.1) is 0 Å². The minimum atomic E-state index is -0.286. The molecule has 0 spiro atoms. The van der Waals surface area contributed by atoms with Crippen LogP contribution in [0, 0.1) is 0 Å². The van der Waals surface area contributed by atoms with Crippen molar-refractivity contribution in [2.24, 2.45) is 0 Å².